The molecule has 3 N–H and O–H groups in total. The van der Waals surface area contributed by atoms with E-state index in [0.717, 1.165) is 18.6 Å². The summed E-state index contributed by atoms with van der Waals surface area (Å²) in [5.41, 5.74) is 5.82. The third-order valence-corrected chi connectivity index (χ3v) is 3.78. The Hall–Kier alpha value is -0.220. The molecule has 0 aromatic rings. The van der Waals surface area contributed by atoms with Crippen LogP contribution in [0.3, 0.4) is 0 Å². The summed E-state index contributed by atoms with van der Waals surface area (Å²) in [6, 6.07) is 0.00592. The Morgan fingerprint density at radius 2 is 2.33 bits per heavy atom. The van der Waals surface area contributed by atoms with E-state index < -0.39 is 0 Å². The van der Waals surface area contributed by atoms with E-state index in [4.69, 9.17) is 5.73 Å². The van der Waals surface area contributed by atoms with Crippen LogP contribution in [0.5, 0.6) is 0 Å². The smallest absolute Gasteiger partial charge is 0.237 e. The van der Waals surface area contributed by atoms with Crippen molar-refractivity contribution in [3.8, 4) is 0 Å². The minimum Gasteiger partial charge on any atom is -0.351 e. The number of thioether (sulfide) groups is 1. The van der Waals surface area contributed by atoms with Gasteiger partial charge in [0.2, 0.25) is 5.91 Å². The highest BCUT2D eigenvalue weighted by molar-refractivity contribution is 7.99. The van der Waals surface area contributed by atoms with Crippen LogP contribution in [0.2, 0.25) is 0 Å². The quantitative estimate of drug-likeness (QED) is 0.767. The molecule has 1 rings (SSSR count). The monoisotopic (exact) mass is 230 g/mol. The fraction of sp³-hybridized carbons (Fsp3) is 0.909. The van der Waals surface area contributed by atoms with Gasteiger partial charge in [-0.15, -0.1) is 0 Å². The molecular formula is C11H22N2OS. The summed E-state index contributed by atoms with van der Waals surface area (Å²) >= 11 is 1.92. The summed E-state index contributed by atoms with van der Waals surface area (Å²) < 4.78 is 0. The van der Waals surface area contributed by atoms with Gasteiger partial charge in [0.15, 0.2) is 0 Å². The van der Waals surface area contributed by atoms with Crippen LogP contribution in [0.15, 0.2) is 0 Å². The topological polar surface area (TPSA) is 55.1 Å². The molecule has 3 nitrogen and oxygen atoms in total. The number of amides is 1. The minimum atomic E-state index is -0.336. The van der Waals surface area contributed by atoms with Crippen LogP contribution in [-0.2, 0) is 4.79 Å². The second-order valence-corrected chi connectivity index (χ2v) is 5.81. The van der Waals surface area contributed by atoms with Gasteiger partial charge in [-0.1, -0.05) is 13.8 Å². The predicted octanol–water partition coefficient (Wildman–Crippen LogP) is 1.37. The Bertz CT molecular complexity index is 203. The fourth-order valence-corrected chi connectivity index (χ4v) is 2.85. The molecule has 0 aliphatic carbocycles. The van der Waals surface area contributed by atoms with E-state index in [2.05, 4.69) is 19.2 Å². The van der Waals surface area contributed by atoms with E-state index in [0.29, 0.717) is 12.0 Å². The Morgan fingerprint density at radius 3 is 2.87 bits per heavy atom. The second kappa shape index (κ2) is 6.38. The minimum absolute atomic E-state index is 0.0243. The molecule has 1 aliphatic rings. The third-order valence-electron chi connectivity index (χ3n) is 2.57. The number of rotatable bonds is 4. The van der Waals surface area contributed by atoms with Gasteiger partial charge in [-0.2, -0.15) is 11.8 Å². The molecule has 15 heavy (non-hydrogen) atoms. The van der Waals surface area contributed by atoms with Crippen molar-refractivity contribution in [1.29, 1.82) is 0 Å². The Kier molecular flexibility index (Phi) is 5.47. The summed E-state index contributed by atoms with van der Waals surface area (Å²) in [5, 5.41) is 3.04. The maximum absolute atomic E-state index is 11.7. The SMILES string of the molecule is CC(C)CC(N)C(=O)NC1CCCSC1. The Balaban J connectivity index is 2.27. The zero-order valence-corrected chi connectivity index (χ0v) is 10.5. The lowest BCUT2D eigenvalue weighted by molar-refractivity contribution is -0.123. The van der Waals surface area contributed by atoms with E-state index >= 15 is 0 Å². The van der Waals surface area contributed by atoms with Crippen LogP contribution in [0.1, 0.15) is 33.1 Å². The standard InChI is InChI=1S/C11H22N2OS/c1-8(2)6-10(12)11(14)13-9-4-3-5-15-7-9/h8-10H,3-7,12H2,1-2H3,(H,13,14). The molecule has 0 radical (unpaired) electrons. The molecule has 88 valence electrons. The molecule has 1 saturated heterocycles. The van der Waals surface area contributed by atoms with E-state index in [-0.39, 0.29) is 11.9 Å². The van der Waals surface area contributed by atoms with E-state index in [9.17, 15) is 4.79 Å². The van der Waals surface area contributed by atoms with Crippen LogP contribution >= 0.6 is 11.8 Å². The molecule has 0 bridgehead atoms. The molecular weight excluding hydrogens is 208 g/mol. The first-order chi connectivity index (χ1) is 7.09. The van der Waals surface area contributed by atoms with Gasteiger partial charge >= 0.3 is 0 Å². The van der Waals surface area contributed by atoms with Crippen molar-refractivity contribution in [3.63, 3.8) is 0 Å². The summed E-state index contributed by atoms with van der Waals surface area (Å²) in [5.74, 6) is 2.77. The van der Waals surface area contributed by atoms with Crippen molar-refractivity contribution in [3.05, 3.63) is 0 Å². The second-order valence-electron chi connectivity index (χ2n) is 4.66. The van der Waals surface area contributed by atoms with Crippen molar-refractivity contribution < 1.29 is 4.79 Å². The van der Waals surface area contributed by atoms with Crippen LogP contribution in [0.25, 0.3) is 0 Å². The first-order valence-corrected chi connectivity index (χ1v) is 6.88. The number of nitrogens with one attached hydrogen (secondary N) is 1. The molecule has 0 saturated carbocycles. The Morgan fingerprint density at radius 1 is 1.60 bits per heavy atom. The molecule has 4 heteroatoms. The lowest BCUT2D eigenvalue weighted by Crippen LogP contribution is -2.47. The number of carbonyl (C=O) groups is 1. The zero-order chi connectivity index (χ0) is 11.3. The lowest BCUT2D eigenvalue weighted by Gasteiger charge is -2.24. The van der Waals surface area contributed by atoms with Crippen molar-refractivity contribution in [2.24, 2.45) is 11.7 Å². The van der Waals surface area contributed by atoms with Crippen molar-refractivity contribution in [2.75, 3.05) is 11.5 Å². The molecule has 0 spiro atoms. The van der Waals surface area contributed by atoms with Crippen LogP contribution in [0.4, 0.5) is 0 Å². The first-order valence-electron chi connectivity index (χ1n) is 5.73. The highest BCUT2D eigenvalue weighted by Gasteiger charge is 2.20. The number of nitrogens with two attached hydrogens (primary N) is 1. The van der Waals surface area contributed by atoms with Gasteiger partial charge < -0.3 is 11.1 Å². The third kappa shape index (κ3) is 4.89. The van der Waals surface area contributed by atoms with Gasteiger partial charge in [0.05, 0.1) is 6.04 Å². The molecule has 2 unspecified atom stereocenters. The normalized spacial score (nSPS) is 23.9. The largest absolute Gasteiger partial charge is 0.351 e. The zero-order valence-electron chi connectivity index (χ0n) is 9.66. The molecule has 2 atom stereocenters. The lowest BCUT2D eigenvalue weighted by atomic mass is 10.0. The van der Waals surface area contributed by atoms with Gasteiger partial charge in [-0.3, -0.25) is 4.79 Å². The summed E-state index contributed by atoms with van der Waals surface area (Å²) in [7, 11) is 0. The maximum Gasteiger partial charge on any atom is 0.237 e. The average molecular weight is 230 g/mol. The number of hydrogen-bond donors (Lipinski definition) is 2. The average Bonchev–Trinajstić information content (AvgIpc) is 2.18. The van der Waals surface area contributed by atoms with Gasteiger partial charge in [0.1, 0.15) is 0 Å². The van der Waals surface area contributed by atoms with Gasteiger partial charge in [-0.25, -0.2) is 0 Å². The van der Waals surface area contributed by atoms with Crippen molar-refractivity contribution >= 4 is 17.7 Å². The van der Waals surface area contributed by atoms with Crippen LogP contribution < -0.4 is 11.1 Å². The van der Waals surface area contributed by atoms with Crippen LogP contribution in [-0.4, -0.2) is 29.5 Å². The molecule has 0 aromatic heterocycles. The van der Waals surface area contributed by atoms with Gasteiger partial charge in [0.25, 0.3) is 0 Å². The summed E-state index contributed by atoms with van der Waals surface area (Å²) in [4.78, 5) is 11.7. The Labute approximate surface area is 96.6 Å². The molecule has 1 fully saturated rings. The van der Waals surface area contributed by atoms with Crippen molar-refractivity contribution in [1.82, 2.24) is 5.32 Å². The van der Waals surface area contributed by atoms with E-state index in [1.165, 1.54) is 12.2 Å². The van der Waals surface area contributed by atoms with Crippen LogP contribution in [0, 0.1) is 5.92 Å². The van der Waals surface area contributed by atoms with E-state index in [1.807, 2.05) is 11.8 Å². The van der Waals surface area contributed by atoms with Crippen molar-refractivity contribution in [2.45, 2.75) is 45.2 Å². The number of hydrogen-bond acceptors (Lipinski definition) is 3. The number of carbonyl (C=O) groups excluding carboxylic acids is 1. The van der Waals surface area contributed by atoms with Gasteiger partial charge in [0, 0.05) is 11.8 Å². The fourth-order valence-electron chi connectivity index (χ4n) is 1.78. The molecule has 1 amide bonds. The molecule has 1 heterocycles. The maximum atomic E-state index is 11.7. The first kappa shape index (κ1) is 12.8. The molecule has 0 aromatic carbocycles. The summed E-state index contributed by atoms with van der Waals surface area (Å²) in [6.45, 7) is 4.17. The highest BCUT2D eigenvalue weighted by Crippen LogP contribution is 2.17. The van der Waals surface area contributed by atoms with Gasteiger partial charge in [-0.05, 0) is 30.9 Å². The summed E-state index contributed by atoms with van der Waals surface area (Å²) in [6.07, 6.45) is 3.08. The molecule has 1 aliphatic heterocycles. The van der Waals surface area contributed by atoms with E-state index in [1.54, 1.807) is 0 Å². The highest BCUT2D eigenvalue weighted by atomic mass is 32.2. The predicted molar refractivity (Wildman–Crippen MR) is 65.9 cm³/mol.